The van der Waals surface area contributed by atoms with Crippen LogP contribution in [0.4, 0.5) is 10.1 Å². The van der Waals surface area contributed by atoms with Crippen LogP contribution < -0.4 is 15.5 Å². The second kappa shape index (κ2) is 10.1. The summed E-state index contributed by atoms with van der Waals surface area (Å²) in [5.41, 5.74) is 1.90. The van der Waals surface area contributed by atoms with E-state index < -0.39 is 6.10 Å². The molecule has 150 valence electrons. The third kappa shape index (κ3) is 5.70. The lowest BCUT2D eigenvalue weighted by atomic mass is 10.0. The normalized spacial score (nSPS) is 18.6. The van der Waals surface area contributed by atoms with Crippen LogP contribution >= 0.6 is 0 Å². The van der Waals surface area contributed by atoms with Crippen LogP contribution in [0.1, 0.15) is 31.4 Å². The maximum Gasteiger partial charge on any atom is 0.191 e. The SMILES string of the molecule is CCNC(=NCC(O)c1ccc(F)cc1)NC1CCCN(c2ccccc2)C1. The summed E-state index contributed by atoms with van der Waals surface area (Å²) in [7, 11) is 0. The predicted octanol–water partition coefficient (Wildman–Crippen LogP) is 3.08. The summed E-state index contributed by atoms with van der Waals surface area (Å²) in [4.78, 5) is 6.92. The lowest BCUT2D eigenvalue weighted by Crippen LogP contribution is -2.51. The van der Waals surface area contributed by atoms with E-state index in [1.54, 1.807) is 12.1 Å². The summed E-state index contributed by atoms with van der Waals surface area (Å²) in [6.45, 7) is 4.95. The van der Waals surface area contributed by atoms with Crippen LogP contribution in [0.25, 0.3) is 0 Å². The topological polar surface area (TPSA) is 59.9 Å². The van der Waals surface area contributed by atoms with Gasteiger partial charge in [0, 0.05) is 31.4 Å². The Morgan fingerprint density at radius 3 is 2.68 bits per heavy atom. The fourth-order valence-corrected chi connectivity index (χ4v) is 3.45. The highest BCUT2D eigenvalue weighted by Gasteiger charge is 2.21. The first-order valence-electron chi connectivity index (χ1n) is 9.94. The number of guanidine groups is 1. The first-order chi connectivity index (χ1) is 13.7. The minimum atomic E-state index is -0.761. The van der Waals surface area contributed by atoms with Gasteiger partial charge in [-0.15, -0.1) is 0 Å². The van der Waals surface area contributed by atoms with E-state index in [1.807, 2.05) is 13.0 Å². The van der Waals surface area contributed by atoms with Crippen molar-refractivity contribution in [3.8, 4) is 0 Å². The third-order valence-electron chi connectivity index (χ3n) is 4.90. The number of nitrogens with zero attached hydrogens (tertiary/aromatic N) is 2. The molecule has 1 heterocycles. The zero-order valence-corrected chi connectivity index (χ0v) is 16.3. The molecule has 1 aliphatic heterocycles. The number of aliphatic imine (C=N–C) groups is 1. The van der Waals surface area contributed by atoms with Gasteiger partial charge in [0.25, 0.3) is 0 Å². The van der Waals surface area contributed by atoms with Gasteiger partial charge in [-0.05, 0) is 49.6 Å². The van der Waals surface area contributed by atoms with Crippen molar-refractivity contribution in [2.75, 3.05) is 31.1 Å². The Kier molecular flexibility index (Phi) is 7.25. The van der Waals surface area contributed by atoms with Gasteiger partial charge in [-0.3, -0.25) is 4.99 Å². The van der Waals surface area contributed by atoms with Crippen LogP contribution in [0.2, 0.25) is 0 Å². The quantitative estimate of drug-likeness (QED) is 0.529. The molecular weight excluding hydrogens is 355 g/mol. The Bertz CT molecular complexity index is 751. The van der Waals surface area contributed by atoms with Crippen molar-refractivity contribution in [2.45, 2.75) is 31.9 Å². The standard InChI is InChI=1S/C22H29FN4O/c1-2-24-22(25-15-21(28)17-10-12-18(23)13-11-17)26-19-7-6-14-27(16-19)20-8-4-3-5-9-20/h3-5,8-13,19,21,28H,2,6-7,14-16H2,1H3,(H2,24,25,26). The van der Waals surface area contributed by atoms with Crippen molar-refractivity contribution < 1.29 is 9.50 Å². The van der Waals surface area contributed by atoms with E-state index >= 15 is 0 Å². The Balaban J connectivity index is 1.60. The van der Waals surface area contributed by atoms with Gasteiger partial charge in [0.15, 0.2) is 5.96 Å². The highest BCUT2D eigenvalue weighted by atomic mass is 19.1. The summed E-state index contributed by atoms with van der Waals surface area (Å²) >= 11 is 0. The van der Waals surface area contributed by atoms with Crippen LogP contribution in [-0.2, 0) is 0 Å². The number of benzene rings is 2. The summed E-state index contributed by atoms with van der Waals surface area (Å²) in [6, 6.07) is 16.6. The first kappa shape index (κ1) is 20.1. The molecule has 0 aliphatic carbocycles. The Morgan fingerprint density at radius 1 is 1.21 bits per heavy atom. The minimum Gasteiger partial charge on any atom is -0.386 e. The van der Waals surface area contributed by atoms with Crippen molar-refractivity contribution in [2.24, 2.45) is 4.99 Å². The van der Waals surface area contributed by atoms with Crippen molar-refractivity contribution in [3.63, 3.8) is 0 Å². The second-order valence-electron chi connectivity index (χ2n) is 7.05. The number of aliphatic hydroxyl groups is 1. The maximum atomic E-state index is 13.0. The molecule has 0 aromatic heterocycles. The predicted molar refractivity (Wildman–Crippen MR) is 112 cm³/mol. The van der Waals surface area contributed by atoms with E-state index in [-0.39, 0.29) is 18.4 Å². The maximum absolute atomic E-state index is 13.0. The molecule has 0 saturated carbocycles. The van der Waals surface area contributed by atoms with E-state index in [0.717, 1.165) is 32.5 Å². The van der Waals surface area contributed by atoms with Crippen LogP contribution in [0.15, 0.2) is 59.6 Å². The molecule has 3 rings (SSSR count). The number of piperidine rings is 1. The second-order valence-corrected chi connectivity index (χ2v) is 7.05. The molecule has 3 N–H and O–H groups in total. The van der Waals surface area contributed by atoms with Gasteiger partial charge in [0.1, 0.15) is 5.82 Å². The molecule has 1 aliphatic rings. The van der Waals surface area contributed by atoms with Crippen molar-refractivity contribution >= 4 is 11.6 Å². The summed E-state index contributed by atoms with van der Waals surface area (Å²) in [5, 5.41) is 17.1. The lowest BCUT2D eigenvalue weighted by Gasteiger charge is -2.35. The minimum absolute atomic E-state index is 0.218. The third-order valence-corrected chi connectivity index (χ3v) is 4.90. The highest BCUT2D eigenvalue weighted by Crippen LogP contribution is 2.19. The van der Waals surface area contributed by atoms with Gasteiger partial charge < -0.3 is 20.6 Å². The summed E-state index contributed by atoms with van der Waals surface area (Å²) in [5.74, 6) is 0.387. The Morgan fingerprint density at radius 2 is 1.96 bits per heavy atom. The average molecular weight is 384 g/mol. The molecule has 2 aromatic rings. The number of nitrogens with one attached hydrogen (secondary N) is 2. The fourth-order valence-electron chi connectivity index (χ4n) is 3.45. The molecule has 0 spiro atoms. The number of hydrogen-bond donors (Lipinski definition) is 3. The Labute approximate surface area is 166 Å². The number of rotatable bonds is 6. The lowest BCUT2D eigenvalue weighted by molar-refractivity contribution is 0.187. The fraction of sp³-hybridized carbons (Fsp3) is 0.409. The molecular formula is C22H29FN4O. The molecule has 0 radical (unpaired) electrons. The van der Waals surface area contributed by atoms with E-state index in [4.69, 9.17) is 0 Å². The van der Waals surface area contributed by atoms with E-state index in [1.165, 1.54) is 17.8 Å². The van der Waals surface area contributed by atoms with Gasteiger partial charge in [-0.1, -0.05) is 30.3 Å². The van der Waals surface area contributed by atoms with Gasteiger partial charge in [-0.25, -0.2) is 4.39 Å². The van der Waals surface area contributed by atoms with E-state index in [9.17, 15) is 9.50 Å². The van der Waals surface area contributed by atoms with Crippen LogP contribution in [-0.4, -0.2) is 43.3 Å². The molecule has 0 amide bonds. The molecule has 1 fully saturated rings. The van der Waals surface area contributed by atoms with Crippen molar-refractivity contribution in [1.82, 2.24) is 10.6 Å². The first-order valence-corrected chi connectivity index (χ1v) is 9.94. The zero-order chi connectivity index (χ0) is 19.8. The zero-order valence-electron chi connectivity index (χ0n) is 16.3. The molecule has 1 saturated heterocycles. The van der Waals surface area contributed by atoms with Gasteiger partial charge in [0.2, 0.25) is 0 Å². The molecule has 5 nitrogen and oxygen atoms in total. The monoisotopic (exact) mass is 384 g/mol. The van der Waals surface area contributed by atoms with Gasteiger partial charge >= 0.3 is 0 Å². The molecule has 2 unspecified atom stereocenters. The molecule has 2 atom stereocenters. The van der Waals surface area contributed by atoms with Crippen molar-refractivity contribution in [3.05, 3.63) is 66.0 Å². The summed E-state index contributed by atoms with van der Waals surface area (Å²) in [6.07, 6.45) is 1.43. The molecule has 6 heteroatoms. The molecule has 0 bridgehead atoms. The van der Waals surface area contributed by atoms with E-state index in [2.05, 4.69) is 44.8 Å². The average Bonchev–Trinajstić information content (AvgIpc) is 2.73. The number of aliphatic hydroxyl groups excluding tert-OH is 1. The van der Waals surface area contributed by atoms with Crippen molar-refractivity contribution in [1.29, 1.82) is 0 Å². The van der Waals surface area contributed by atoms with Crippen LogP contribution in [0.3, 0.4) is 0 Å². The largest absolute Gasteiger partial charge is 0.386 e. The molecule has 2 aromatic carbocycles. The number of anilines is 1. The van der Waals surface area contributed by atoms with E-state index in [0.29, 0.717) is 11.5 Å². The molecule has 28 heavy (non-hydrogen) atoms. The number of para-hydroxylation sites is 1. The number of hydrogen-bond acceptors (Lipinski definition) is 3. The van der Waals surface area contributed by atoms with Gasteiger partial charge in [0.05, 0.1) is 12.6 Å². The highest BCUT2D eigenvalue weighted by molar-refractivity contribution is 5.80. The van der Waals surface area contributed by atoms with Crippen LogP contribution in [0, 0.1) is 5.82 Å². The van der Waals surface area contributed by atoms with Gasteiger partial charge in [-0.2, -0.15) is 0 Å². The number of halogens is 1. The smallest absolute Gasteiger partial charge is 0.191 e. The Hall–Kier alpha value is -2.60. The summed E-state index contributed by atoms with van der Waals surface area (Å²) < 4.78 is 13.0. The van der Waals surface area contributed by atoms with Crippen LogP contribution in [0.5, 0.6) is 0 Å².